The maximum Gasteiger partial charge on any atom is 0.304 e. The van der Waals surface area contributed by atoms with Crippen LogP contribution in [0.25, 0.3) is 0 Å². The molecule has 7 atom stereocenters. The van der Waals surface area contributed by atoms with Crippen molar-refractivity contribution in [2.45, 2.75) is 72.1 Å². The smallest absolute Gasteiger partial charge is 0.304 e. The van der Waals surface area contributed by atoms with Gasteiger partial charge in [0.1, 0.15) is 5.78 Å². The van der Waals surface area contributed by atoms with Crippen LogP contribution in [0.3, 0.4) is 0 Å². The first-order valence-corrected chi connectivity index (χ1v) is 10.6. The van der Waals surface area contributed by atoms with Crippen LogP contribution in [0.15, 0.2) is 11.6 Å². The van der Waals surface area contributed by atoms with Gasteiger partial charge in [0.25, 0.3) is 0 Å². The Morgan fingerprint density at radius 1 is 1.15 bits per heavy atom. The van der Waals surface area contributed by atoms with Crippen LogP contribution >= 0.6 is 0 Å². The summed E-state index contributed by atoms with van der Waals surface area (Å²) in [5, 5.41) is 9.23. The largest absolute Gasteiger partial charge is 0.481 e. The standard InChI is InChI=1S/C23H32O4/c1-13(24)17-6-7-18-16-5-4-15-11-20(25)14(10-21(26)27)12-23(15,3)19(16)8-9-22(17,18)2/h11,14,16-19H,4-10,12H2,1-3H3,(H,26,27)/t14?,16-,17+,18-,19-,22+,23-/m0/s1. The molecule has 0 aromatic rings. The van der Waals surface area contributed by atoms with Gasteiger partial charge in [-0.1, -0.05) is 19.4 Å². The van der Waals surface area contributed by atoms with Gasteiger partial charge in [-0.2, -0.15) is 0 Å². The number of fused-ring (bicyclic) bond motifs is 5. The number of carboxylic acid groups (broad SMARTS) is 1. The van der Waals surface area contributed by atoms with E-state index in [1.54, 1.807) is 13.0 Å². The summed E-state index contributed by atoms with van der Waals surface area (Å²) >= 11 is 0. The summed E-state index contributed by atoms with van der Waals surface area (Å²) in [7, 11) is 0. The predicted molar refractivity (Wildman–Crippen MR) is 102 cm³/mol. The minimum Gasteiger partial charge on any atom is -0.481 e. The lowest BCUT2D eigenvalue weighted by molar-refractivity contribution is -0.141. The number of Topliss-reactive ketones (excluding diaryl/α,β-unsaturated/α-hetero) is 1. The van der Waals surface area contributed by atoms with E-state index in [9.17, 15) is 19.5 Å². The fraction of sp³-hybridized carbons (Fsp3) is 0.783. The van der Waals surface area contributed by atoms with Gasteiger partial charge >= 0.3 is 5.97 Å². The van der Waals surface area contributed by atoms with Gasteiger partial charge in [-0.05, 0) is 86.5 Å². The summed E-state index contributed by atoms with van der Waals surface area (Å²) in [6, 6.07) is 0. The van der Waals surface area contributed by atoms with E-state index in [0.29, 0.717) is 30.0 Å². The second-order valence-corrected chi connectivity index (χ2v) is 10.2. The third kappa shape index (κ3) is 2.74. The summed E-state index contributed by atoms with van der Waals surface area (Å²) < 4.78 is 0. The van der Waals surface area contributed by atoms with E-state index in [0.717, 1.165) is 38.5 Å². The topological polar surface area (TPSA) is 71.4 Å². The quantitative estimate of drug-likeness (QED) is 0.796. The molecule has 3 saturated carbocycles. The molecule has 27 heavy (non-hydrogen) atoms. The zero-order chi connectivity index (χ0) is 19.6. The lowest BCUT2D eigenvalue weighted by Gasteiger charge is -2.58. The molecule has 1 N–H and O–H groups in total. The first-order valence-electron chi connectivity index (χ1n) is 10.6. The van der Waals surface area contributed by atoms with Gasteiger partial charge in [-0.15, -0.1) is 0 Å². The van der Waals surface area contributed by atoms with Crippen molar-refractivity contribution < 1.29 is 19.5 Å². The maximum atomic E-state index is 12.5. The minimum atomic E-state index is -0.877. The highest BCUT2D eigenvalue weighted by atomic mass is 16.4. The number of hydrogen-bond acceptors (Lipinski definition) is 3. The summed E-state index contributed by atoms with van der Waals surface area (Å²) in [5.41, 5.74) is 1.35. The molecule has 0 aromatic carbocycles. The summed E-state index contributed by atoms with van der Waals surface area (Å²) in [5.74, 6) is 1.04. The van der Waals surface area contributed by atoms with Crippen molar-refractivity contribution in [3.8, 4) is 0 Å². The zero-order valence-corrected chi connectivity index (χ0v) is 16.8. The highest BCUT2D eigenvalue weighted by Gasteiger charge is 2.60. The molecule has 0 amide bonds. The molecule has 4 nitrogen and oxygen atoms in total. The van der Waals surface area contributed by atoms with Crippen LogP contribution in [0.4, 0.5) is 0 Å². The molecule has 0 aromatic heterocycles. The van der Waals surface area contributed by atoms with Crippen molar-refractivity contribution in [2.24, 2.45) is 40.4 Å². The van der Waals surface area contributed by atoms with Gasteiger partial charge in [0.05, 0.1) is 6.42 Å². The predicted octanol–water partition coefficient (Wildman–Crippen LogP) is 4.42. The monoisotopic (exact) mass is 372 g/mol. The third-order valence-corrected chi connectivity index (χ3v) is 9.04. The van der Waals surface area contributed by atoms with E-state index < -0.39 is 5.97 Å². The van der Waals surface area contributed by atoms with Gasteiger partial charge < -0.3 is 5.11 Å². The number of allylic oxidation sites excluding steroid dienone is 1. The van der Waals surface area contributed by atoms with E-state index in [4.69, 9.17) is 0 Å². The maximum absolute atomic E-state index is 12.5. The molecule has 0 radical (unpaired) electrons. The zero-order valence-electron chi connectivity index (χ0n) is 16.8. The third-order valence-electron chi connectivity index (χ3n) is 9.04. The lowest BCUT2D eigenvalue weighted by Crippen LogP contribution is -2.52. The number of carbonyl (C=O) groups is 3. The summed E-state index contributed by atoms with van der Waals surface area (Å²) in [6.45, 7) is 6.39. The van der Waals surface area contributed by atoms with Gasteiger partial charge in [-0.25, -0.2) is 0 Å². The molecule has 0 aliphatic heterocycles. The normalized spacial score (nSPS) is 46.1. The fourth-order valence-electron chi connectivity index (χ4n) is 7.80. The van der Waals surface area contributed by atoms with Gasteiger partial charge in [0, 0.05) is 11.8 Å². The van der Waals surface area contributed by atoms with Crippen LogP contribution in [-0.2, 0) is 14.4 Å². The molecule has 4 aliphatic rings. The Bertz CT molecular complexity index is 722. The van der Waals surface area contributed by atoms with Gasteiger partial charge in [0.15, 0.2) is 5.78 Å². The van der Waals surface area contributed by atoms with Crippen molar-refractivity contribution >= 4 is 17.5 Å². The van der Waals surface area contributed by atoms with Gasteiger partial charge in [0.2, 0.25) is 0 Å². The average molecular weight is 373 g/mol. The second kappa shape index (κ2) is 6.28. The number of aliphatic carboxylic acids is 1. The molecule has 0 heterocycles. The number of hydrogen-bond donors (Lipinski definition) is 1. The lowest BCUT2D eigenvalue weighted by atomic mass is 9.46. The van der Waals surface area contributed by atoms with Crippen LogP contribution in [0, 0.1) is 40.4 Å². The van der Waals surface area contributed by atoms with E-state index >= 15 is 0 Å². The van der Waals surface area contributed by atoms with Crippen molar-refractivity contribution in [3.05, 3.63) is 11.6 Å². The average Bonchev–Trinajstić information content (AvgIpc) is 2.93. The van der Waals surface area contributed by atoms with E-state index in [2.05, 4.69) is 13.8 Å². The number of rotatable bonds is 3. The molecular formula is C23H32O4. The molecule has 0 bridgehead atoms. The van der Waals surface area contributed by atoms with E-state index in [1.807, 2.05) is 0 Å². The van der Waals surface area contributed by atoms with Crippen LogP contribution in [0.1, 0.15) is 72.1 Å². The number of ketones is 2. The Hall–Kier alpha value is -1.45. The molecule has 0 saturated heterocycles. The van der Waals surface area contributed by atoms with E-state index in [1.165, 1.54) is 5.57 Å². The molecular weight excluding hydrogens is 340 g/mol. The Kier molecular flexibility index (Phi) is 4.40. The molecule has 0 spiro atoms. The number of carbonyl (C=O) groups excluding carboxylic acids is 2. The Balaban J connectivity index is 1.64. The van der Waals surface area contributed by atoms with Crippen LogP contribution in [-0.4, -0.2) is 22.6 Å². The van der Waals surface area contributed by atoms with Crippen LogP contribution in [0.5, 0.6) is 0 Å². The Morgan fingerprint density at radius 2 is 1.89 bits per heavy atom. The summed E-state index contributed by atoms with van der Waals surface area (Å²) in [4.78, 5) is 35.9. The van der Waals surface area contributed by atoms with Crippen LogP contribution in [0.2, 0.25) is 0 Å². The Morgan fingerprint density at radius 3 is 2.56 bits per heavy atom. The van der Waals surface area contributed by atoms with Crippen molar-refractivity contribution in [1.82, 2.24) is 0 Å². The van der Waals surface area contributed by atoms with Crippen molar-refractivity contribution in [3.63, 3.8) is 0 Å². The number of carboxylic acids is 1. The van der Waals surface area contributed by atoms with Gasteiger partial charge in [-0.3, -0.25) is 14.4 Å². The molecule has 4 heteroatoms. The molecule has 4 rings (SSSR count). The summed E-state index contributed by atoms with van der Waals surface area (Å²) in [6.07, 6.45) is 8.87. The molecule has 148 valence electrons. The minimum absolute atomic E-state index is 0.0153. The van der Waals surface area contributed by atoms with E-state index in [-0.39, 0.29) is 34.9 Å². The van der Waals surface area contributed by atoms with Crippen LogP contribution < -0.4 is 0 Å². The molecule has 1 unspecified atom stereocenters. The first-order chi connectivity index (χ1) is 12.7. The van der Waals surface area contributed by atoms with Crippen molar-refractivity contribution in [2.75, 3.05) is 0 Å². The molecule has 4 aliphatic carbocycles. The SMILES string of the molecule is CC(=O)[C@H]1CC[C@H]2[C@@H]3CCC4=CC(=O)C(CC(=O)O)C[C@]4(C)[C@H]3CC[C@]12C. The fourth-order valence-corrected chi connectivity index (χ4v) is 7.80. The molecule has 3 fully saturated rings. The first kappa shape index (κ1) is 18.9. The highest BCUT2D eigenvalue weighted by Crippen LogP contribution is 2.67. The highest BCUT2D eigenvalue weighted by molar-refractivity contribution is 5.95. The van der Waals surface area contributed by atoms with Crippen molar-refractivity contribution in [1.29, 1.82) is 0 Å². The second-order valence-electron chi connectivity index (χ2n) is 10.2. The Labute approximate surface area is 161 Å².